The predicted molar refractivity (Wildman–Crippen MR) is 110 cm³/mol. The van der Waals surface area contributed by atoms with Crippen LogP contribution in [0.15, 0.2) is 0 Å². The average Bonchev–Trinajstić information content (AvgIpc) is 2.76. The monoisotopic (exact) mass is 456 g/mol. The molecule has 10 nitrogen and oxygen atoms in total. The van der Waals surface area contributed by atoms with Crippen molar-refractivity contribution in [2.75, 3.05) is 94.7 Å². The van der Waals surface area contributed by atoms with E-state index in [9.17, 15) is 0 Å². The zero-order valence-corrected chi connectivity index (χ0v) is 17.9. The first kappa shape index (κ1) is 24.0. The van der Waals surface area contributed by atoms with E-state index in [-0.39, 0.29) is 17.1 Å². The number of anilines is 3. The van der Waals surface area contributed by atoms with E-state index in [1.807, 2.05) is 0 Å². The summed E-state index contributed by atoms with van der Waals surface area (Å²) < 4.78 is 10.8. The van der Waals surface area contributed by atoms with Crippen LogP contribution in [0.3, 0.4) is 0 Å². The summed E-state index contributed by atoms with van der Waals surface area (Å²) in [6.45, 7) is 11.1. The van der Waals surface area contributed by atoms with E-state index in [2.05, 4.69) is 47.7 Å². The smallest absolute Gasteiger partial charge is 0.506 e. The van der Waals surface area contributed by atoms with Crippen LogP contribution in [0.1, 0.15) is 12.8 Å². The average molecular weight is 457 g/mol. The first-order chi connectivity index (χ1) is 13.8. The minimum atomic E-state index is 0. The van der Waals surface area contributed by atoms with Gasteiger partial charge in [0.25, 0.3) is 0 Å². The molecule has 0 amide bonds. The number of aromatic nitrogens is 3. The summed E-state index contributed by atoms with van der Waals surface area (Å²) in [6.07, 6.45) is 2.06. The van der Waals surface area contributed by atoms with Gasteiger partial charge in [-0.1, -0.05) is 0 Å². The molecule has 0 aromatic carbocycles. The Morgan fingerprint density at radius 2 is 1.14 bits per heavy atom. The molecule has 2 saturated heterocycles. The molecule has 2 fully saturated rings. The van der Waals surface area contributed by atoms with Gasteiger partial charge in [-0.2, -0.15) is 15.0 Å². The Morgan fingerprint density at radius 3 is 1.55 bits per heavy atom. The summed E-state index contributed by atoms with van der Waals surface area (Å²) in [5.41, 5.74) is 0. The summed E-state index contributed by atoms with van der Waals surface area (Å²) in [6, 6.07) is 0. The fourth-order valence-electron chi connectivity index (χ4n) is 3.27. The van der Waals surface area contributed by atoms with Crippen molar-refractivity contribution >= 4 is 17.8 Å². The van der Waals surface area contributed by atoms with Crippen molar-refractivity contribution in [2.45, 2.75) is 12.8 Å². The van der Waals surface area contributed by atoms with Gasteiger partial charge in [0, 0.05) is 39.3 Å². The molecule has 2 aliphatic rings. The Balaban J connectivity index is 0.00000300. The van der Waals surface area contributed by atoms with Crippen molar-refractivity contribution in [3.63, 3.8) is 0 Å². The fraction of sp³-hybridized carbons (Fsp3) is 0.778. The van der Waals surface area contributed by atoms with Crippen LogP contribution in [0, 0.1) is 7.05 Å². The van der Waals surface area contributed by atoms with Crippen LogP contribution in [-0.2, 0) is 26.5 Å². The molecular formula is C18H33CuN8O2. The van der Waals surface area contributed by atoms with Crippen molar-refractivity contribution in [1.29, 1.82) is 0 Å². The Kier molecular flexibility index (Phi) is 11.5. The van der Waals surface area contributed by atoms with Gasteiger partial charge < -0.3 is 25.4 Å². The molecule has 0 unspecified atom stereocenters. The molecule has 1 aromatic heterocycles. The minimum absolute atomic E-state index is 0. The van der Waals surface area contributed by atoms with E-state index < -0.39 is 0 Å². The fourth-order valence-corrected chi connectivity index (χ4v) is 3.27. The molecule has 3 N–H and O–H groups in total. The minimum Gasteiger partial charge on any atom is -0.506 e. The van der Waals surface area contributed by atoms with Crippen molar-refractivity contribution in [1.82, 2.24) is 24.8 Å². The SMILES string of the molecule is [CH2-]Nc1nc(NCCCN2CCOCC2)nc(NCCCN2CCOCC2)n1.[Cu+]. The van der Waals surface area contributed by atoms with E-state index in [0.29, 0.717) is 17.8 Å². The second-order valence-electron chi connectivity index (χ2n) is 6.95. The van der Waals surface area contributed by atoms with E-state index in [0.717, 1.165) is 91.6 Å². The van der Waals surface area contributed by atoms with Crippen molar-refractivity contribution in [3.05, 3.63) is 7.05 Å². The molecule has 168 valence electrons. The standard InChI is InChI=1S/C18H33N8O2.Cu/c1-19-16-22-17(20-4-2-6-25-8-12-27-13-9-25)24-18(23-16)21-5-3-7-26-10-14-28-15-11-26;/h1-15H2,(H3,19,20,21,22,23,24);/q-1;+1. The van der Waals surface area contributed by atoms with Gasteiger partial charge in [-0.05, 0) is 25.9 Å². The van der Waals surface area contributed by atoms with Crippen LogP contribution in [0.2, 0.25) is 0 Å². The van der Waals surface area contributed by atoms with Gasteiger partial charge in [-0.15, -0.1) is 0 Å². The molecule has 0 spiro atoms. The third-order valence-corrected chi connectivity index (χ3v) is 4.87. The molecule has 2 aliphatic heterocycles. The number of nitrogens with one attached hydrogen (secondary N) is 3. The summed E-state index contributed by atoms with van der Waals surface area (Å²) in [4.78, 5) is 18.0. The number of nitrogens with zero attached hydrogens (tertiary/aromatic N) is 5. The van der Waals surface area contributed by atoms with Gasteiger partial charge in [-0.3, -0.25) is 16.8 Å². The van der Waals surface area contributed by atoms with E-state index in [1.54, 1.807) is 0 Å². The summed E-state index contributed by atoms with van der Waals surface area (Å²) in [7, 11) is 3.66. The van der Waals surface area contributed by atoms with E-state index in [1.165, 1.54) is 0 Å². The molecule has 0 bridgehead atoms. The molecule has 3 rings (SSSR count). The topological polar surface area (TPSA) is 99.7 Å². The zero-order valence-electron chi connectivity index (χ0n) is 17.0. The Morgan fingerprint density at radius 1 is 0.724 bits per heavy atom. The number of hydrogen-bond acceptors (Lipinski definition) is 10. The third-order valence-electron chi connectivity index (χ3n) is 4.87. The molecule has 1 aromatic rings. The van der Waals surface area contributed by atoms with Crippen molar-refractivity contribution in [2.24, 2.45) is 0 Å². The summed E-state index contributed by atoms with van der Waals surface area (Å²) >= 11 is 0. The van der Waals surface area contributed by atoms with Crippen molar-refractivity contribution < 1.29 is 26.5 Å². The number of morpholine rings is 2. The van der Waals surface area contributed by atoms with Gasteiger partial charge in [-0.25, -0.2) is 0 Å². The van der Waals surface area contributed by atoms with Gasteiger partial charge in [0.15, 0.2) is 5.95 Å². The molecule has 0 aliphatic carbocycles. The van der Waals surface area contributed by atoms with Gasteiger partial charge in [0.1, 0.15) is 0 Å². The number of rotatable bonds is 11. The van der Waals surface area contributed by atoms with Crippen LogP contribution >= 0.6 is 0 Å². The van der Waals surface area contributed by atoms with Crippen LogP contribution in [0.25, 0.3) is 0 Å². The Hall–Kier alpha value is -1.23. The first-order valence-electron chi connectivity index (χ1n) is 10.2. The van der Waals surface area contributed by atoms with Crippen LogP contribution < -0.4 is 16.0 Å². The largest absolute Gasteiger partial charge is 1.00 e. The zero-order chi connectivity index (χ0) is 19.4. The maximum absolute atomic E-state index is 5.38. The van der Waals surface area contributed by atoms with Crippen LogP contribution in [0.5, 0.6) is 0 Å². The summed E-state index contributed by atoms with van der Waals surface area (Å²) in [5.74, 6) is 1.60. The third kappa shape index (κ3) is 8.98. The molecule has 0 radical (unpaired) electrons. The van der Waals surface area contributed by atoms with Gasteiger partial charge in [0.05, 0.1) is 26.4 Å². The van der Waals surface area contributed by atoms with Crippen LogP contribution in [0.4, 0.5) is 17.8 Å². The molecule has 29 heavy (non-hydrogen) atoms. The van der Waals surface area contributed by atoms with E-state index >= 15 is 0 Å². The Bertz CT molecular complexity index is 527. The van der Waals surface area contributed by atoms with Crippen molar-refractivity contribution in [3.8, 4) is 0 Å². The molecule has 11 heteroatoms. The van der Waals surface area contributed by atoms with Gasteiger partial charge >= 0.3 is 17.1 Å². The first-order valence-corrected chi connectivity index (χ1v) is 10.2. The maximum atomic E-state index is 5.38. The number of hydrogen-bond donors (Lipinski definition) is 3. The summed E-state index contributed by atoms with van der Waals surface area (Å²) in [5, 5.41) is 9.34. The molecular weight excluding hydrogens is 424 g/mol. The molecule has 3 heterocycles. The second kappa shape index (κ2) is 13.9. The van der Waals surface area contributed by atoms with E-state index in [4.69, 9.17) is 9.47 Å². The normalized spacial score (nSPS) is 18.1. The number of ether oxygens (including phenoxy) is 2. The van der Waals surface area contributed by atoms with Crippen LogP contribution in [-0.4, -0.2) is 104 Å². The predicted octanol–water partition coefficient (Wildman–Crippen LogP) is 0.341. The Labute approximate surface area is 184 Å². The molecule has 0 saturated carbocycles. The quantitative estimate of drug-likeness (QED) is 0.245. The van der Waals surface area contributed by atoms with Gasteiger partial charge in [0.2, 0.25) is 11.9 Å². The second-order valence-corrected chi connectivity index (χ2v) is 6.95. The molecule has 0 atom stereocenters. The maximum Gasteiger partial charge on any atom is 1.00 e.